The molecule has 2 aromatic rings. The second-order valence-electron chi connectivity index (χ2n) is 15.4. The summed E-state index contributed by atoms with van der Waals surface area (Å²) in [7, 11) is -2.25. The normalized spacial score (nSPS) is 27.7. The number of rotatable bonds is 4. The highest BCUT2D eigenvalue weighted by Crippen LogP contribution is 2.61. The third kappa shape index (κ3) is 5.97. The van der Waals surface area contributed by atoms with Crippen molar-refractivity contribution in [2.24, 2.45) is 11.3 Å². The van der Waals surface area contributed by atoms with Crippen molar-refractivity contribution in [3.05, 3.63) is 63.7 Å². The van der Waals surface area contributed by atoms with Crippen LogP contribution in [0.2, 0.25) is 18.1 Å². The van der Waals surface area contributed by atoms with Crippen LogP contribution in [0.1, 0.15) is 107 Å². The van der Waals surface area contributed by atoms with E-state index in [4.69, 9.17) is 18.9 Å². The average Bonchev–Trinajstić information content (AvgIpc) is 3.15. The lowest BCUT2D eigenvalue weighted by molar-refractivity contribution is -0.168. The minimum Gasteiger partial charge on any atom is -0.410 e. The monoisotopic (exact) mass is 733 g/mol. The Hall–Kier alpha value is -1.08. The molecule has 5 rings (SSSR count). The summed E-state index contributed by atoms with van der Waals surface area (Å²) in [6.45, 7) is 20.9. The van der Waals surface area contributed by atoms with Crippen molar-refractivity contribution < 1.29 is 31.5 Å². The van der Waals surface area contributed by atoms with Crippen molar-refractivity contribution in [2.75, 3.05) is 13.2 Å². The van der Waals surface area contributed by atoms with E-state index in [2.05, 4.69) is 84.2 Å². The molecule has 43 heavy (non-hydrogen) atoms. The molecule has 0 N–H and O–H groups in total. The van der Waals surface area contributed by atoms with Gasteiger partial charge in [0.1, 0.15) is 17.5 Å². The van der Waals surface area contributed by atoms with Crippen LogP contribution in [0.5, 0.6) is 0 Å². The zero-order valence-electron chi connectivity index (χ0n) is 26.6. The minimum atomic E-state index is -4.65. The van der Waals surface area contributed by atoms with Crippen LogP contribution in [-0.4, -0.2) is 29.9 Å². The Balaban J connectivity index is 1.77. The lowest BCUT2D eigenvalue weighted by Gasteiger charge is -2.49. The van der Waals surface area contributed by atoms with E-state index in [1.807, 2.05) is 0 Å². The lowest BCUT2D eigenvalue weighted by Crippen LogP contribution is -2.51. The van der Waals surface area contributed by atoms with E-state index >= 15 is 4.39 Å². The van der Waals surface area contributed by atoms with Crippen molar-refractivity contribution in [1.29, 1.82) is 0 Å². The summed E-state index contributed by atoms with van der Waals surface area (Å²) in [6, 6.07) is 2.74. The topological polar surface area (TPSA) is 40.6 Å². The van der Waals surface area contributed by atoms with Crippen molar-refractivity contribution >= 4 is 30.9 Å². The van der Waals surface area contributed by atoms with Gasteiger partial charge >= 0.3 is 6.18 Å². The van der Waals surface area contributed by atoms with Crippen molar-refractivity contribution in [3.8, 4) is 0 Å². The van der Waals surface area contributed by atoms with Gasteiger partial charge in [0.2, 0.25) is 0 Å². The van der Waals surface area contributed by atoms with Gasteiger partial charge in [-0.3, -0.25) is 4.98 Å². The third-order valence-electron chi connectivity index (χ3n) is 10.1. The van der Waals surface area contributed by atoms with Crippen LogP contribution in [0.4, 0.5) is 17.6 Å². The van der Waals surface area contributed by atoms with Crippen LogP contribution < -0.4 is 0 Å². The van der Waals surface area contributed by atoms with E-state index in [0.717, 1.165) is 35.7 Å². The summed E-state index contributed by atoms with van der Waals surface area (Å²) < 4.78 is 76.1. The molecule has 1 aliphatic carbocycles. The highest BCUT2D eigenvalue weighted by molar-refractivity contribution is 14.1. The number of ether oxygens (including phenoxy) is 2. The first kappa shape index (κ1) is 33.3. The zero-order chi connectivity index (χ0) is 32.0. The van der Waals surface area contributed by atoms with Crippen LogP contribution in [0.15, 0.2) is 24.4 Å². The largest absolute Gasteiger partial charge is 0.416 e. The first-order chi connectivity index (χ1) is 19.6. The van der Waals surface area contributed by atoms with Gasteiger partial charge < -0.3 is 13.9 Å². The molecule has 0 radical (unpaired) electrons. The van der Waals surface area contributed by atoms with Crippen LogP contribution in [0, 0.1) is 17.2 Å². The molecular formula is C33H44F4INO3Si. The van der Waals surface area contributed by atoms with E-state index < -0.39 is 37.6 Å². The van der Waals surface area contributed by atoms with Crippen LogP contribution in [0.25, 0.3) is 0 Å². The number of hydrogen-bond acceptors (Lipinski definition) is 4. The van der Waals surface area contributed by atoms with Gasteiger partial charge in [0.25, 0.3) is 0 Å². The summed E-state index contributed by atoms with van der Waals surface area (Å²) in [4.78, 5) is 4.98. The SMILES string of the molecule is CC1(C)Cc2ncc3c(c2[C@@H](O[Si](C)(C)C(C)(C)C)C1)C1(CCOCC1C(C)(C)I)O[C@@H]3c1ccc(C(F)(F)F)cc1F. The van der Waals surface area contributed by atoms with Crippen LogP contribution in [-0.2, 0) is 32.1 Å². The van der Waals surface area contributed by atoms with E-state index in [-0.39, 0.29) is 31.5 Å². The highest BCUT2D eigenvalue weighted by Gasteiger charge is 2.59. The van der Waals surface area contributed by atoms with Gasteiger partial charge in [-0.1, -0.05) is 77.1 Å². The fraction of sp³-hybridized carbons (Fsp3) is 0.667. The van der Waals surface area contributed by atoms with E-state index in [1.54, 1.807) is 6.20 Å². The van der Waals surface area contributed by atoms with Crippen molar-refractivity contribution in [3.63, 3.8) is 0 Å². The molecule has 1 aromatic heterocycles. The van der Waals surface area contributed by atoms with Crippen molar-refractivity contribution in [2.45, 2.75) is 113 Å². The number of halogens is 5. The molecule has 238 valence electrons. The van der Waals surface area contributed by atoms with Gasteiger partial charge in [-0.05, 0) is 54.1 Å². The minimum absolute atomic E-state index is 0.0222. The standard InChI is InChI=1S/C33H44F4INO3Si/c1-29(2,3)43(8,9)42-24-16-30(4,5)15-23-26(24)27-21(17-39-23)28(20-11-10-19(14-22(20)34)33(35,36)37)41-32(27)12-13-40-18-25(32)31(6,7)38/h10-11,14,17,24-25,28H,12-13,15-16,18H2,1-9H3/t24-,25?,28+,32?/m0/s1. The Kier molecular flexibility index (Phi) is 8.31. The van der Waals surface area contributed by atoms with Gasteiger partial charge in [0, 0.05) is 50.9 Å². The van der Waals surface area contributed by atoms with Gasteiger partial charge in [-0.25, -0.2) is 4.39 Å². The molecule has 1 spiro atoms. The Bertz CT molecular complexity index is 1400. The van der Waals surface area contributed by atoms with Gasteiger partial charge in [0.05, 0.1) is 18.3 Å². The number of benzene rings is 1. The molecule has 4 nitrogen and oxygen atoms in total. The summed E-state index contributed by atoms with van der Waals surface area (Å²) >= 11 is 2.44. The van der Waals surface area contributed by atoms with E-state index in [0.29, 0.717) is 31.3 Å². The number of hydrogen-bond donors (Lipinski definition) is 0. The Morgan fingerprint density at radius 2 is 1.74 bits per heavy atom. The molecule has 4 atom stereocenters. The second kappa shape index (κ2) is 10.7. The summed E-state index contributed by atoms with van der Waals surface area (Å²) in [6.07, 6.45) is -1.90. The van der Waals surface area contributed by atoms with E-state index in [9.17, 15) is 13.2 Å². The Labute approximate surface area is 267 Å². The predicted octanol–water partition coefficient (Wildman–Crippen LogP) is 9.84. The van der Waals surface area contributed by atoms with E-state index in [1.165, 1.54) is 6.07 Å². The fourth-order valence-corrected chi connectivity index (χ4v) is 8.86. The first-order valence-corrected chi connectivity index (χ1v) is 19.1. The molecule has 1 fully saturated rings. The first-order valence-electron chi connectivity index (χ1n) is 15.1. The smallest absolute Gasteiger partial charge is 0.410 e. The molecule has 0 bridgehead atoms. The average molecular weight is 734 g/mol. The molecule has 2 unspecified atom stereocenters. The van der Waals surface area contributed by atoms with Crippen LogP contribution in [0.3, 0.4) is 0 Å². The maximum absolute atomic E-state index is 15.6. The zero-order valence-corrected chi connectivity index (χ0v) is 29.8. The van der Waals surface area contributed by atoms with Gasteiger partial charge in [-0.15, -0.1) is 0 Å². The number of pyridine rings is 1. The molecular weight excluding hydrogens is 689 g/mol. The fourth-order valence-electron chi connectivity index (χ4n) is 6.91. The summed E-state index contributed by atoms with van der Waals surface area (Å²) in [5, 5.41) is -0.0222. The highest BCUT2D eigenvalue weighted by atomic mass is 127. The molecule has 3 heterocycles. The van der Waals surface area contributed by atoms with Crippen molar-refractivity contribution in [1.82, 2.24) is 4.98 Å². The third-order valence-corrected chi connectivity index (χ3v) is 15.4. The summed E-state index contributed by atoms with van der Waals surface area (Å²) in [5.74, 6) is -1.04. The molecule has 0 amide bonds. The maximum Gasteiger partial charge on any atom is 0.416 e. The van der Waals surface area contributed by atoms with Gasteiger partial charge in [0.15, 0.2) is 8.32 Å². The van der Waals surface area contributed by atoms with Crippen LogP contribution >= 0.6 is 22.6 Å². The lowest BCUT2D eigenvalue weighted by atomic mass is 9.67. The Morgan fingerprint density at radius 1 is 1.07 bits per heavy atom. The summed E-state index contributed by atoms with van der Waals surface area (Å²) in [5.41, 5.74) is 1.87. The molecule has 1 aromatic carbocycles. The number of nitrogens with zero attached hydrogens (tertiary/aromatic N) is 1. The predicted molar refractivity (Wildman–Crippen MR) is 170 cm³/mol. The number of fused-ring (bicyclic) bond motifs is 4. The molecule has 3 aliphatic rings. The molecule has 0 saturated carbocycles. The molecule has 1 saturated heterocycles. The maximum atomic E-state index is 15.6. The Morgan fingerprint density at radius 3 is 2.33 bits per heavy atom. The number of aromatic nitrogens is 1. The molecule has 2 aliphatic heterocycles. The van der Waals surface area contributed by atoms with Gasteiger partial charge in [-0.2, -0.15) is 13.2 Å². The quantitative estimate of drug-likeness (QED) is 0.136. The number of alkyl halides is 4. The second-order valence-corrected chi connectivity index (χ2v) is 23.0. The molecule has 10 heteroatoms.